The van der Waals surface area contributed by atoms with Gasteiger partial charge in [-0.3, -0.25) is 4.79 Å². The minimum Gasteiger partial charge on any atom is -0.397 e. The number of carbonyl (C=O) groups is 1. The van der Waals surface area contributed by atoms with Crippen LogP contribution < -0.4 is 16.4 Å². The maximum atomic E-state index is 11.5. The second-order valence-corrected chi connectivity index (χ2v) is 6.65. The Labute approximate surface area is 112 Å². The lowest BCUT2D eigenvalue weighted by atomic mass is 10.1. The van der Waals surface area contributed by atoms with E-state index in [0.717, 1.165) is 18.8 Å². The zero-order valence-electron chi connectivity index (χ0n) is 10.7. The molecule has 2 unspecified atom stereocenters. The first-order valence-corrected chi connectivity index (χ1v) is 7.02. The van der Waals surface area contributed by atoms with Crippen LogP contribution in [0.15, 0.2) is 18.2 Å². The van der Waals surface area contributed by atoms with Gasteiger partial charge >= 0.3 is 0 Å². The van der Waals surface area contributed by atoms with Crippen LogP contribution in [0.2, 0.25) is 0 Å². The van der Waals surface area contributed by atoms with Crippen LogP contribution in [0.1, 0.15) is 24.2 Å². The number of carbonyl (C=O) groups excluding carboxylic acids is 1. The van der Waals surface area contributed by atoms with Gasteiger partial charge < -0.3 is 16.4 Å². The summed E-state index contributed by atoms with van der Waals surface area (Å²) in [6, 6.07) is 5.33. The largest absolute Gasteiger partial charge is 0.397 e. The summed E-state index contributed by atoms with van der Waals surface area (Å²) in [7, 11) is 0. The number of nitrogen functional groups attached to an aromatic ring is 1. The van der Waals surface area contributed by atoms with Crippen LogP contribution in [0.4, 0.5) is 11.4 Å². The Balaban J connectivity index is 2.40. The van der Waals surface area contributed by atoms with Crippen LogP contribution in [0.3, 0.4) is 0 Å². The molecule has 0 radical (unpaired) electrons. The number of nitrogens with zero attached hydrogens (tertiary/aromatic N) is 1. The average molecular weight is 265 g/mol. The molecule has 5 heteroatoms. The van der Waals surface area contributed by atoms with Crippen molar-refractivity contribution in [1.29, 1.82) is 0 Å². The summed E-state index contributed by atoms with van der Waals surface area (Å²) >= 11 is 1.96. The molecule has 1 aliphatic heterocycles. The number of thioether (sulfide) groups is 1. The lowest BCUT2D eigenvalue weighted by Gasteiger charge is -2.37. The third-order valence-corrected chi connectivity index (χ3v) is 4.30. The van der Waals surface area contributed by atoms with Crippen molar-refractivity contribution in [3.8, 4) is 0 Å². The summed E-state index contributed by atoms with van der Waals surface area (Å²) in [6.45, 7) is 6.17. The van der Waals surface area contributed by atoms with E-state index in [9.17, 15) is 4.79 Å². The monoisotopic (exact) mass is 265 g/mol. The number of anilines is 2. The molecule has 1 aromatic carbocycles. The zero-order valence-corrected chi connectivity index (χ0v) is 11.5. The van der Waals surface area contributed by atoms with Crippen molar-refractivity contribution in [3.63, 3.8) is 0 Å². The highest BCUT2D eigenvalue weighted by atomic mass is 32.2. The third-order valence-electron chi connectivity index (χ3n) is 3.07. The SMILES string of the molecule is CC1CN(c2c(N)cccc2C(N)=O)CC(C)S1. The van der Waals surface area contributed by atoms with E-state index in [1.807, 2.05) is 17.8 Å². The molecule has 1 amide bonds. The van der Waals surface area contributed by atoms with Gasteiger partial charge in [-0.15, -0.1) is 0 Å². The number of nitrogens with two attached hydrogens (primary N) is 2. The highest BCUT2D eigenvalue weighted by Crippen LogP contribution is 2.33. The van der Waals surface area contributed by atoms with Gasteiger partial charge in [-0.25, -0.2) is 0 Å². The molecule has 18 heavy (non-hydrogen) atoms. The smallest absolute Gasteiger partial charge is 0.250 e. The second kappa shape index (κ2) is 5.10. The minimum atomic E-state index is -0.421. The van der Waals surface area contributed by atoms with E-state index in [0.29, 0.717) is 21.8 Å². The number of hydrogen-bond acceptors (Lipinski definition) is 4. The maximum absolute atomic E-state index is 11.5. The number of benzene rings is 1. The molecule has 98 valence electrons. The highest BCUT2D eigenvalue weighted by molar-refractivity contribution is 8.00. The molecule has 1 fully saturated rings. The maximum Gasteiger partial charge on any atom is 0.250 e. The molecule has 0 aliphatic carbocycles. The number of hydrogen-bond donors (Lipinski definition) is 2. The van der Waals surface area contributed by atoms with E-state index < -0.39 is 5.91 Å². The van der Waals surface area contributed by atoms with Gasteiger partial charge in [0.05, 0.1) is 16.9 Å². The Bertz CT molecular complexity index is 454. The summed E-state index contributed by atoms with van der Waals surface area (Å²) in [4.78, 5) is 13.7. The first-order chi connectivity index (χ1) is 8.49. The fourth-order valence-corrected chi connectivity index (χ4v) is 3.80. The second-order valence-electron chi connectivity index (χ2n) is 4.77. The standard InChI is InChI=1S/C13H19N3OS/c1-8-6-16(7-9(2)18-8)12-10(13(15)17)4-3-5-11(12)14/h3-5,8-9H,6-7,14H2,1-2H3,(H2,15,17). The van der Waals surface area contributed by atoms with Gasteiger partial charge in [-0.05, 0) is 12.1 Å². The van der Waals surface area contributed by atoms with E-state index in [-0.39, 0.29) is 0 Å². The first kappa shape index (κ1) is 13.1. The van der Waals surface area contributed by atoms with E-state index in [1.54, 1.807) is 12.1 Å². The van der Waals surface area contributed by atoms with Crippen molar-refractivity contribution in [2.24, 2.45) is 5.73 Å². The van der Waals surface area contributed by atoms with Crippen molar-refractivity contribution in [3.05, 3.63) is 23.8 Å². The Morgan fingerprint density at radius 1 is 1.33 bits per heavy atom. The number of primary amides is 1. The molecule has 0 bridgehead atoms. The summed E-state index contributed by atoms with van der Waals surface area (Å²) in [5.41, 5.74) is 13.4. The normalized spacial score (nSPS) is 24.0. The van der Waals surface area contributed by atoms with Gasteiger partial charge in [0, 0.05) is 23.6 Å². The average Bonchev–Trinajstić information content (AvgIpc) is 2.26. The van der Waals surface area contributed by atoms with Gasteiger partial charge in [0.25, 0.3) is 5.91 Å². The molecule has 4 nitrogen and oxygen atoms in total. The molecule has 1 aliphatic rings. The van der Waals surface area contributed by atoms with Gasteiger partial charge in [-0.1, -0.05) is 19.9 Å². The highest BCUT2D eigenvalue weighted by Gasteiger charge is 2.26. The van der Waals surface area contributed by atoms with Gasteiger partial charge in [0.15, 0.2) is 0 Å². The molecule has 1 heterocycles. The third kappa shape index (κ3) is 2.56. The molecular weight excluding hydrogens is 246 g/mol. The van der Waals surface area contributed by atoms with E-state index in [2.05, 4.69) is 18.7 Å². The minimum absolute atomic E-state index is 0.421. The molecule has 1 aromatic rings. The fraction of sp³-hybridized carbons (Fsp3) is 0.462. The summed E-state index contributed by atoms with van der Waals surface area (Å²) in [6.07, 6.45) is 0. The predicted molar refractivity (Wildman–Crippen MR) is 78.1 cm³/mol. The number of para-hydroxylation sites is 1. The fourth-order valence-electron chi connectivity index (χ4n) is 2.47. The van der Waals surface area contributed by atoms with E-state index in [4.69, 9.17) is 11.5 Å². The van der Waals surface area contributed by atoms with Crippen molar-refractivity contribution >= 4 is 29.0 Å². The van der Waals surface area contributed by atoms with Gasteiger partial charge in [0.2, 0.25) is 0 Å². The van der Waals surface area contributed by atoms with E-state index in [1.165, 1.54) is 0 Å². The Morgan fingerprint density at radius 2 is 1.94 bits per heavy atom. The van der Waals surface area contributed by atoms with Crippen LogP contribution in [-0.4, -0.2) is 29.5 Å². The Hall–Kier alpha value is -1.36. The summed E-state index contributed by atoms with van der Waals surface area (Å²) < 4.78 is 0. The van der Waals surface area contributed by atoms with Crippen LogP contribution in [0, 0.1) is 0 Å². The van der Waals surface area contributed by atoms with Crippen LogP contribution in [0.25, 0.3) is 0 Å². The van der Waals surface area contributed by atoms with Crippen LogP contribution in [-0.2, 0) is 0 Å². The lowest BCUT2D eigenvalue weighted by Crippen LogP contribution is -2.41. The number of rotatable bonds is 2. The Kier molecular flexibility index (Phi) is 3.71. The molecule has 0 aromatic heterocycles. The van der Waals surface area contributed by atoms with Crippen molar-refractivity contribution in [2.75, 3.05) is 23.7 Å². The predicted octanol–water partition coefficient (Wildman–Crippen LogP) is 1.70. The van der Waals surface area contributed by atoms with Gasteiger partial charge in [-0.2, -0.15) is 11.8 Å². The summed E-state index contributed by atoms with van der Waals surface area (Å²) in [5.74, 6) is -0.421. The Morgan fingerprint density at radius 3 is 2.50 bits per heavy atom. The first-order valence-electron chi connectivity index (χ1n) is 6.07. The molecule has 0 saturated carbocycles. The van der Waals surface area contributed by atoms with Crippen LogP contribution in [0.5, 0.6) is 0 Å². The zero-order chi connectivity index (χ0) is 13.3. The molecular formula is C13H19N3OS. The van der Waals surface area contributed by atoms with Crippen molar-refractivity contribution in [2.45, 2.75) is 24.3 Å². The van der Waals surface area contributed by atoms with Crippen molar-refractivity contribution < 1.29 is 4.79 Å². The molecule has 1 saturated heterocycles. The molecule has 2 rings (SSSR count). The topological polar surface area (TPSA) is 72.3 Å². The summed E-state index contributed by atoms with van der Waals surface area (Å²) in [5, 5.41) is 1.04. The van der Waals surface area contributed by atoms with Crippen molar-refractivity contribution in [1.82, 2.24) is 0 Å². The lowest BCUT2D eigenvalue weighted by molar-refractivity contribution is 0.100. The molecule has 0 spiro atoms. The quantitative estimate of drug-likeness (QED) is 0.798. The molecule has 2 atom stereocenters. The van der Waals surface area contributed by atoms with Crippen LogP contribution >= 0.6 is 11.8 Å². The van der Waals surface area contributed by atoms with Gasteiger partial charge in [0.1, 0.15) is 0 Å². The number of amides is 1. The van der Waals surface area contributed by atoms with E-state index >= 15 is 0 Å². The molecule has 4 N–H and O–H groups in total.